The molecule has 0 saturated carbocycles. The van der Waals surface area contributed by atoms with Crippen LogP contribution in [0.25, 0.3) is 0 Å². The van der Waals surface area contributed by atoms with Crippen LogP contribution in [-0.2, 0) is 11.2 Å². The molecule has 1 aromatic carbocycles. The normalized spacial score (nSPS) is 13.2. The Balaban J connectivity index is 2.65. The molecule has 4 heteroatoms. The van der Waals surface area contributed by atoms with Gasteiger partial charge < -0.3 is 10.5 Å². The van der Waals surface area contributed by atoms with E-state index < -0.39 is 0 Å². The van der Waals surface area contributed by atoms with Gasteiger partial charge in [-0.15, -0.1) is 0 Å². The molecule has 0 aliphatic carbocycles. The van der Waals surface area contributed by atoms with Crippen LogP contribution in [0.2, 0.25) is 0 Å². The third kappa shape index (κ3) is 4.96. The molecular formula is C15H22BrNO2. The third-order valence-corrected chi connectivity index (χ3v) is 3.80. The summed E-state index contributed by atoms with van der Waals surface area (Å²) < 4.78 is 6.02. The van der Waals surface area contributed by atoms with Gasteiger partial charge in [0.15, 0.2) is 0 Å². The lowest BCUT2D eigenvalue weighted by molar-refractivity contribution is -0.119. The van der Waals surface area contributed by atoms with Crippen LogP contribution in [0, 0.1) is 5.41 Å². The van der Waals surface area contributed by atoms with Crippen molar-refractivity contribution in [3.8, 4) is 5.75 Å². The van der Waals surface area contributed by atoms with Crippen LogP contribution in [0.1, 0.15) is 32.8 Å². The Bertz CT molecular complexity index is 452. The van der Waals surface area contributed by atoms with Crippen molar-refractivity contribution in [3.05, 3.63) is 28.2 Å². The molecule has 0 aliphatic heterocycles. The number of benzene rings is 1. The number of halogens is 1. The van der Waals surface area contributed by atoms with Gasteiger partial charge in [-0.3, -0.25) is 4.79 Å². The van der Waals surface area contributed by atoms with Gasteiger partial charge in [-0.05, 0) is 39.0 Å². The van der Waals surface area contributed by atoms with E-state index in [1.54, 1.807) is 7.11 Å². The van der Waals surface area contributed by atoms with Crippen molar-refractivity contribution in [2.75, 3.05) is 7.11 Å². The highest BCUT2D eigenvalue weighted by Gasteiger charge is 2.23. The number of rotatable bonds is 5. The molecule has 1 rings (SSSR count). The molecule has 1 unspecified atom stereocenters. The monoisotopic (exact) mass is 327 g/mol. The number of nitrogens with two attached hydrogens (primary N) is 1. The maximum absolute atomic E-state index is 12.0. The molecule has 0 spiro atoms. The molecule has 3 nitrogen and oxygen atoms in total. The predicted octanol–water partition coefficient (Wildman–Crippen LogP) is 3.33. The summed E-state index contributed by atoms with van der Waals surface area (Å²) in [6.45, 7) is 6.15. The van der Waals surface area contributed by atoms with E-state index in [9.17, 15) is 4.79 Å². The first-order valence-corrected chi connectivity index (χ1v) is 7.13. The van der Waals surface area contributed by atoms with Crippen molar-refractivity contribution in [1.82, 2.24) is 0 Å². The molecule has 1 atom stereocenters. The maximum atomic E-state index is 12.0. The summed E-state index contributed by atoms with van der Waals surface area (Å²) in [5.41, 5.74) is 6.96. The SMILES string of the molecule is COc1ccc(CC(=O)CC(N)C(C)(C)C)cc1Br. The molecule has 0 fully saturated rings. The Kier molecular flexibility index (Phi) is 5.56. The minimum absolute atomic E-state index is 0.0455. The molecule has 0 saturated heterocycles. The second kappa shape index (κ2) is 6.53. The minimum Gasteiger partial charge on any atom is -0.496 e. The molecule has 19 heavy (non-hydrogen) atoms. The molecule has 0 radical (unpaired) electrons. The zero-order valence-corrected chi connectivity index (χ0v) is 13.6. The summed E-state index contributed by atoms with van der Waals surface area (Å²) in [6, 6.07) is 5.57. The smallest absolute Gasteiger partial charge is 0.138 e. The summed E-state index contributed by atoms with van der Waals surface area (Å²) in [4.78, 5) is 12.0. The maximum Gasteiger partial charge on any atom is 0.138 e. The van der Waals surface area contributed by atoms with E-state index in [0.717, 1.165) is 15.8 Å². The van der Waals surface area contributed by atoms with Crippen LogP contribution in [0.15, 0.2) is 22.7 Å². The quantitative estimate of drug-likeness (QED) is 0.902. The van der Waals surface area contributed by atoms with E-state index in [0.29, 0.717) is 12.8 Å². The first-order valence-electron chi connectivity index (χ1n) is 6.33. The molecule has 106 valence electrons. The molecule has 2 N–H and O–H groups in total. The number of methoxy groups -OCH3 is 1. The summed E-state index contributed by atoms with van der Waals surface area (Å²) in [6.07, 6.45) is 0.819. The molecule has 0 aromatic heterocycles. The summed E-state index contributed by atoms with van der Waals surface area (Å²) in [5, 5.41) is 0. The van der Waals surface area contributed by atoms with Gasteiger partial charge in [-0.25, -0.2) is 0 Å². The lowest BCUT2D eigenvalue weighted by Gasteiger charge is -2.26. The number of hydrogen-bond acceptors (Lipinski definition) is 3. The van der Waals surface area contributed by atoms with Crippen LogP contribution < -0.4 is 10.5 Å². The highest BCUT2D eigenvalue weighted by atomic mass is 79.9. The van der Waals surface area contributed by atoms with Crippen LogP contribution in [0.4, 0.5) is 0 Å². The van der Waals surface area contributed by atoms with Gasteiger partial charge in [-0.2, -0.15) is 0 Å². The van der Waals surface area contributed by atoms with Gasteiger partial charge in [0, 0.05) is 18.9 Å². The predicted molar refractivity (Wildman–Crippen MR) is 81.5 cm³/mol. The Morgan fingerprint density at radius 3 is 2.53 bits per heavy atom. The Morgan fingerprint density at radius 2 is 2.05 bits per heavy atom. The third-order valence-electron chi connectivity index (χ3n) is 3.18. The van der Waals surface area contributed by atoms with E-state index in [-0.39, 0.29) is 17.2 Å². The lowest BCUT2D eigenvalue weighted by Crippen LogP contribution is -2.37. The molecule has 1 aromatic rings. The highest BCUT2D eigenvalue weighted by molar-refractivity contribution is 9.10. The van der Waals surface area contributed by atoms with Gasteiger partial charge in [0.25, 0.3) is 0 Å². The van der Waals surface area contributed by atoms with E-state index in [1.807, 2.05) is 18.2 Å². The number of carbonyl (C=O) groups is 1. The van der Waals surface area contributed by atoms with Gasteiger partial charge in [-0.1, -0.05) is 26.8 Å². The zero-order chi connectivity index (χ0) is 14.6. The highest BCUT2D eigenvalue weighted by Crippen LogP contribution is 2.26. The fraction of sp³-hybridized carbons (Fsp3) is 0.533. The Labute approximate surface area is 123 Å². The molecular weight excluding hydrogens is 306 g/mol. The number of Topliss-reactive ketones (excluding diaryl/α,β-unsaturated/α-hetero) is 1. The fourth-order valence-electron chi connectivity index (χ4n) is 1.67. The van der Waals surface area contributed by atoms with Crippen LogP contribution in [0.5, 0.6) is 5.75 Å². The average molecular weight is 328 g/mol. The van der Waals surface area contributed by atoms with Gasteiger partial charge in [0.1, 0.15) is 11.5 Å². The molecule has 0 aliphatic rings. The second-order valence-corrected chi connectivity index (χ2v) is 6.72. The van der Waals surface area contributed by atoms with E-state index >= 15 is 0 Å². The van der Waals surface area contributed by atoms with E-state index in [4.69, 9.17) is 10.5 Å². The Morgan fingerprint density at radius 1 is 1.42 bits per heavy atom. The van der Waals surface area contributed by atoms with Gasteiger partial charge >= 0.3 is 0 Å². The first-order chi connectivity index (χ1) is 8.74. The number of ketones is 1. The minimum atomic E-state index is -0.110. The summed E-state index contributed by atoms with van der Waals surface area (Å²) >= 11 is 3.42. The summed E-state index contributed by atoms with van der Waals surface area (Å²) in [7, 11) is 1.62. The fourth-order valence-corrected chi connectivity index (χ4v) is 2.26. The van der Waals surface area contributed by atoms with E-state index in [1.165, 1.54) is 0 Å². The van der Waals surface area contributed by atoms with Crippen molar-refractivity contribution in [2.24, 2.45) is 11.1 Å². The van der Waals surface area contributed by atoms with Crippen molar-refractivity contribution in [2.45, 2.75) is 39.7 Å². The molecule has 0 amide bonds. The van der Waals surface area contributed by atoms with Gasteiger partial charge in [0.05, 0.1) is 11.6 Å². The standard InChI is InChI=1S/C15H22BrNO2/c1-15(2,3)14(17)9-11(18)7-10-5-6-13(19-4)12(16)8-10/h5-6,8,14H,7,9,17H2,1-4H3. The lowest BCUT2D eigenvalue weighted by atomic mass is 9.84. The molecule has 0 bridgehead atoms. The van der Waals surface area contributed by atoms with Crippen molar-refractivity contribution in [3.63, 3.8) is 0 Å². The van der Waals surface area contributed by atoms with Crippen molar-refractivity contribution < 1.29 is 9.53 Å². The second-order valence-electron chi connectivity index (χ2n) is 5.86. The number of ether oxygens (including phenoxy) is 1. The van der Waals surface area contributed by atoms with Crippen molar-refractivity contribution >= 4 is 21.7 Å². The Hall–Kier alpha value is -0.870. The van der Waals surface area contributed by atoms with Crippen molar-refractivity contribution in [1.29, 1.82) is 0 Å². The first kappa shape index (κ1) is 16.2. The summed E-state index contributed by atoms with van der Waals surface area (Å²) in [5.74, 6) is 0.932. The van der Waals surface area contributed by atoms with E-state index in [2.05, 4.69) is 36.7 Å². The van der Waals surface area contributed by atoms with Crippen LogP contribution >= 0.6 is 15.9 Å². The van der Waals surface area contributed by atoms with Crippen LogP contribution in [0.3, 0.4) is 0 Å². The number of hydrogen-bond donors (Lipinski definition) is 1. The number of carbonyl (C=O) groups excluding carboxylic acids is 1. The van der Waals surface area contributed by atoms with Gasteiger partial charge in [0.2, 0.25) is 0 Å². The zero-order valence-electron chi connectivity index (χ0n) is 12.0. The van der Waals surface area contributed by atoms with Crippen LogP contribution in [-0.4, -0.2) is 18.9 Å². The average Bonchev–Trinajstić information content (AvgIpc) is 2.27. The topological polar surface area (TPSA) is 52.3 Å². The largest absolute Gasteiger partial charge is 0.496 e. The molecule has 0 heterocycles.